The lowest BCUT2D eigenvalue weighted by Crippen LogP contribution is -2.30. The van der Waals surface area contributed by atoms with Crippen LogP contribution in [0.3, 0.4) is 0 Å². The van der Waals surface area contributed by atoms with Gasteiger partial charge in [0.1, 0.15) is 5.82 Å². The quantitative estimate of drug-likeness (QED) is 0.140. The molecule has 6 rings (SSSR count). The van der Waals surface area contributed by atoms with Gasteiger partial charge in [-0.1, -0.05) is 42.5 Å². The van der Waals surface area contributed by atoms with Gasteiger partial charge < -0.3 is 15.5 Å². The van der Waals surface area contributed by atoms with Gasteiger partial charge in [0, 0.05) is 24.0 Å². The number of tetrazole rings is 1. The van der Waals surface area contributed by atoms with Crippen molar-refractivity contribution < 1.29 is 22.4 Å². The van der Waals surface area contributed by atoms with Crippen LogP contribution in [-0.4, -0.2) is 44.4 Å². The van der Waals surface area contributed by atoms with E-state index >= 15 is 0 Å². The van der Waals surface area contributed by atoms with Crippen molar-refractivity contribution >= 4 is 23.1 Å². The smallest absolute Gasteiger partial charge is 0.364 e. The molecule has 0 saturated heterocycles. The molecule has 13 heteroatoms. The number of aromatic amines is 1. The molecule has 1 saturated carbocycles. The summed E-state index contributed by atoms with van der Waals surface area (Å²) in [6, 6.07) is 21.5. The summed E-state index contributed by atoms with van der Waals surface area (Å²) in [5.74, 6) is 0.223. The summed E-state index contributed by atoms with van der Waals surface area (Å²) in [4.78, 5) is 19.1. The van der Waals surface area contributed by atoms with Crippen LogP contribution < -0.4 is 15.5 Å². The minimum atomic E-state index is -4.41. The molecule has 2 aromatic heterocycles. The van der Waals surface area contributed by atoms with Crippen molar-refractivity contribution in [2.75, 3.05) is 22.1 Å². The van der Waals surface area contributed by atoms with Crippen molar-refractivity contribution in [3.63, 3.8) is 0 Å². The Morgan fingerprint density at radius 2 is 1.76 bits per heavy atom. The summed E-state index contributed by atoms with van der Waals surface area (Å²) in [5.41, 5.74) is 4.04. The van der Waals surface area contributed by atoms with Gasteiger partial charge in [0.25, 0.3) is 0 Å². The first-order valence-corrected chi connectivity index (χ1v) is 14.3. The van der Waals surface area contributed by atoms with Crippen LogP contribution >= 0.6 is 0 Å². The van der Waals surface area contributed by atoms with Crippen molar-refractivity contribution in [1.82, 2.24) is 25.6 Å². The fourth-order valence-electron chi connectivity index (χ4n) is 5.14. The van der Waals surface area contributed by atoms with Crippen molar-refractivity contribution in [3.05, 3.63) is 102 Å². The van der Waals surface area contributed by atoms with E-state index < -0.39 is 24.4 Å². The van der Waals surface area contributed by atoms with Crippen LogP contribution in [-0.2, 0) is 6.54 Å². The molecular weight excluding hydrogens is 588 g/mol. The number of urea groups is 1. The van der Waals surface area contributed by atoms with Crippen molar-refractivity contribution in [3.8, 4) is 22.5 Å². The standard InChI is InChI=1S/C32H28F4N8O/c33-27-18-22(11-12-25(27)20-8-9-20)38-31(45)39-28-17-21(24-6-1-2-7-26(24)30-40-42-43-41-30)10-13-29(28)44(16-14-32(34,35)36)19-23-5-3-4-15-37-23/h1-7,10-13,15,17-18,20H,8-9,14,16,19H2,(H2,38,39,45)(H,40,41,42,43). The Kier molecular flexibility index (Phi) is 8.41. The van der Waals surface area contributed by atoms with Crippen LogP contribution in [0.25, 0.3) is 22.5 Å². The maximum absolute atomic E-state index is 14.7. The molecule has 3 N–H and O–H groups in total. The number of carbonyl (C=O) groups excluding carboxylic acids is 1. The van der Waals surface area contributed by atoms with Gasteiger partial charge in [-0.15, -0.1) is 5.10 Å². The van der Waals surface area contributed by atoms with E-state index in [0.717, 1.165) is 18.4 Å². The molecular formula is C32H28F4N8O. The zero-order chi connectivity index (χ0) is 31.4. The van der Waals surface area contributed by atoms with Crippen molar-refractivity contribution in [2.45, 2.75) is 37.9 Å². The van der Waals surface area contributed by atoms with E-state index in [-0.39, 0.29) is 30.4 Å². The van der Waals surface area contributed by atoms with Crippen molar-refractivity contribution in [1.29, 1.82) is 0 Å². The number of hydrogen-bond acceptors (Lipinski definition) is 6. The van der Waals surface area contributed by atoms with Crippen LogP contribution in [0.4, 0.5) is 39.4 Å². The summed E-state index contributed by atoms with van der Waals surface area (Å²) in [7, 11) is 0. The third-order valence-corrected chi connectivity index (χ3v) is 7.44. The summed E-state index contributed by atoms with van der Waals surface area (Å²) in [6.45, 7) is -0.329. The Morgan fingerprint density at radius 3 is 2.44 bits per heavy atom. The molecule has 9 nitrogen and oxygen atoms in total. The molecule has 1 aliphatic rings. The second-order valence-corrected chi connectivity index (χ2v) is 10.7. The van der Waals surface area contributed by atoms with Gasteiger partial charge in [-0.3, -0.25) is 4.98 Å². The van der Waals surface area contributed by atoms with Crippen LogP contribution in [0.2, 0.25) is 0 Å². The fourth-order valence-corrected chi connectivity index (χ4v) is 5.14. The first kappa shape index (κ1) is 29.7. The van der Waals surface area contributed by atoms with Crippen LogP contribution in [0.5, 0.6) is 0 Å². The summed E-state index contributed by atoms with van der Waals surface area (Å²) in [6.07, 6.45) is -2.06. The van der Waals surface area contributed by atoms with Gasteiger partial charge in [0.15, 0.2) is 5.82 Å². The topological polar surface area (TPSA) is 112 Å². The molecule has 0 bridgehead atoms. The van der Waals surface area contributed by atoms with E-state index in [1.54, 1.807) is 54.7 Å². The molecule has 0 spiro atoms. The van der Waals surface area contributed by atoms with E-state index in [1.807, 2.05) is 24.3 Å². The maximum atomic E-state index is 14.7. The molecule has 3 aromatic carbocycles. The number of anilines is 3. The van der Waals surface area contributed by atoms with Gasteiger partial charge in [0.2, 0.25) is 0 Å². The zero-order valence-electron chi connectivity index (χ0n) is 23.9. The van der Waals surface area contributed by atoms with E-state index in [9.17, 15) is 22.4 Å². The number of nitrogens with zero attached hydrogens (tertiary/aromatic N) is 5. The number of nitrogens with one attached hydrogen (secondary N) is 3. The Bertz CT molecular complexity index is 1780. The number of pyridine rings is 1. The number of benzene rings is 3. The molecule has 0 radical (unpaired) electrons. The predicted octanol–water partition coefficient (Wildman–Crippen LogP) is 7.55. The molecule has 2 heterocycles. The van der Waals surface area contributed by atoms with Crippen LogP contribution in [0.1, 0.15) is 36.4 Å². The maximum Gasteiger partial charge on any atom is 0.390 e. The molecule has 0 aliphatic heterocycles. The van der Waals surface area contributed by atoms with E-state index in [1.165, 1.54) is 11.0 Å². The SMILES string of the molecule is O=C(Nc1ccc(C2CC2)c(F)c1)Nc1cc(-c2ccccc2-c2nnn[nH]2)ccc1N(CCC(F)(F)F)Cc1ccccn1. The second-order valence-electron chi connectivity index (χ2n) is 10.7. The van der Waals surface area contributed by atoms with Crippen LogP contribution in [0.15, 0.2) is 85.1 Å². The number of aromatic nitrogens is 5. The second kappa shape index (κ2) is 12.7. The number of H-pyrrole nitrogens is 1. The van der Waals surface area contributed by atoms with E-state index in [0.29, 0.717) is 33.9 Å². The van der Waals surface area contributed by atoms with Crippen molar-refractivity contribution in [2.24, 2.45) is 0 Å². The minimum absolute atomic E-state index is 0.0563. The molecule has 5 aromatic rings. The third kappa shape index (κ3) is 7.43. The predicted molar refractivity (Wildman–Crippen MR) is 162 cm³/mol. The largest absolute Gasteiger partial charge is 0.390 e. The number of halogens is 4. The number of amides is 2. The Hall–Kier alpha value is -5.33. The highest BCUT2D eigenvalue weighted by Gasteiger charge is 2.29. The molecule has 230 valence electrons. The first-order valence-electron chi connectivity index (χ1n) is 14.3. The Balaban J connectivity index is 1.37. The molecule has 2 amide bonds. The average Bonchev–Trinajstić information content (AvgIpc) is 3.71. The lowest BCUT2D eigenvalue weighted by atomic mass is 9.98. The number of hydrogen-bond donors (Lipinski definition) is 3. The van der Waals surface area contributed by atoms with E-state index in [2.05, 4.69) is 36.2 Å². The lowest BCUT2D eigenvalue weighted by molar-refractivity contribution is -0.132. The molecule has 45 heavy (non-hydrogen) atoms. The fraction of sp³-hybridized carbons (Fsp3) is 0.219. The Labute approximate surface area is 255 Å². The first-order chi connectivity index (χ1) is 21.7. The summed E-state index contributed by atoms with van der Waals surface area (Å²) in [5, 5.41) is 19.5. The minimum Gasteiger partial charge on any atom is -0.364 e. The number of rotatable bonds is 10. The van der Waals surface area contributed by atoms with Gasteiger partial charge in [-0.05, 0) is 82.3 Å². The zero-order valence-corrected chi connectivity index (χ0v) is 23.9. The highest BCUT2D eigenvalue weighted by atomic mass is 19.4. The summed E-state index contributed by atoms with van der Waals surface area (Å²) < 4.78 is 55.0. The molecule has 1 fully saturated rings. The monoisotopic (exact) mass is 616 g/mol. The normalized spacial score (nSPS) is 13.0. The van der Waals surface area contributed by atoms with Gasteiger partial charge in [-0.25, -0.2) is 14.3 Å². The molecule has 1 aliphatic carbocycles. The van der Waals surface area contributed by atoms with Gasteiger partial charge >= 0.3 is 12.2 Å². The van der Waals surface area contributed by atoms with Gasteiger partial charge in [0.05, 0.1) is 30.0 Å². The average molecular weight is 617 g/mol. The van der Waals surface area contributed by atoms with E-state index in [4.69, 9.17) is 0 Å². The molecule has 0 unspecified atom stereocenters. The third-order valence-electron chi connectivity index (χ3n) is 7.44. The number of carbonyl (C=O) groups is 1. The lowest BCUT2D eigenvalue weighted by Gasteiger charge is -2.28. The highest BCUT2D eigenvalue weighted by molar-refractivity contribution is 6.02. The highest BCUT2D eigenvalue weighted by Crippen LogP contribution is 2.42. The molecule has 0 atom stereocenters. The summed E-state index contributed by atoms with van der Waals surface area (Å²) >= 11 is 0. The Morgan fingerprint density at radius 1 is 0.956 bits per heavy atom. The number of alkyl halides is 3. The van der Waals surface area contributed by atoms with Crippen LogP contribution in [0, 0.1) is 5.82 Å². The van der Waals surface area contributed by atoms with Gasteiger partial charge in [-0.2, -0.15) is 13.2 Å².